The SMILES string of the molecule is Cc1nnc(CCNC(=O)c2ccc(S(=O)(=O)N3CCCC3)cc2)o1. The molecule has 1 N–H and O–H groups in total. The zero-order valence-electron chi connectivity index (χ0n) is 13.9. The monoisotopic (exact) mass is 364 g/mol. The van der Waals surface area contributed by atoms with Crippen molar-refractivity contribution in [1.29, 1.82) is 0 Å². The van der Waals surface area contributed by atoms with Gasteiger partial charge in [0.05, 0.1) is 4.90 Å². The smallest absolute Gasteiger partial charge is 0.251 e. The number of aromatic nitrogens is 2. The molecule has 1 aliphatic rings. The Morgan fingerprint density at radius 3 is 2.48 bits per heavy atom. The van der Waals surface area contributed by atoms with Crippen molar-refractivity contribution in [2.75, 3.05) is 19.6 Å². The highest BCUT2D eigenvalue weighted by Crippen LogP contribution is 2.21. The van der Waals surface area contributed by atoms with E-state index in [0.717, 1.165) is 12.8 Å². The Bertz CT molecular complexity index is 839. The minimum absolute atomic E-state index is 0.215. The zero-order valence-corrected chi connectivity index (χ0v) is 14.8. The first kappa shape index (κ1) is 17.6. The van der Waals surface area contributed by atoms with E-state index in [0.29, 0.717) is 43.4 Å². The standard InChI is InChI=1S/C16H20N4O4S/c1-12-18-19-15(24-12)8-9-17-16(21)13-4-6-14(7-5-13)25(22,23)20-10-2-3-11-20/h4-7H,2-3,8-11H2,1H3,(H,17,21). The van der Waals surface area contributed by atoms with Crippen LogP contribution in [-0.2, 0) is 16.4 Å². The van der Waals surface area contributed by atoms with Crippen molar-refractivity contribution in [3.63, 3.8) is 0 Å². The molecular weight excluding hydrogens is 344 g/mol. The van der Waals surface area contributed by atoms with Gasteiger partial charge in [0.2, 0.25) is 21.8 Å². The number of benzene rings is 1. The normalized spacial score (nSPS) is 15.4. The Hall–Kier alpha value is -2.26. The van der Waals surface area contributed by atoms with Crippen LogP contribution in [0.15, 0.2) is 33.6 Å². The maximum Gasteiger partial charge on any atom is 0.251 e. The molecule has 1 aromatic heterocycles. The van der Waals surface area contributed by atoms with Crippen molar-refractivity contribution < 1.29 is 17.6 Å². The van der Waals surface area contributed by atoms with Crippen LogP contribution in [0, 0.1) is 6.92 Å². The summed E-state index contributed by atoms with van der Waals surface area (Å²) in [5.41, 5.74) is 0.405. The topological polar surface area (TPSA) is 105 Å². The van der Waals surface area contributed by atoms with E-state index in [9.17, 15) is 13.2 Å². The molecule has 1 aliphatic heterocycles. The van der Waals surface area contributed by atoms with Gasteiger partial charge in [0, 0.05) is 38.5 Å². The van der Waals surface area contributed by atoms with Crippen LogP contribution in [0.2, 0.25) is 0 Å². The Labute approximate surface area is 146 Å². The van der Waals surface area contributed by atoms with Gasteiger partial charge in [-0.2, -0.15) is 4.31 Å². The first-order valence-corrected chi connectivity index (χ1v) is 9.58. The zero-order chi connectivity index (χ0) is 17.9. The maximum absolute atomic E-state index is 12.4. The van der Waals surface area contributed by atoms with Crippen LogP contribution in [0.3, 0.4) is 0 Å². The number of hydrogen-bond acceptors (Lipinski definition) is 6. The van der Waals surface area contributed by atoms with E-state index in [-0.39, 0.29) is 10.8 Å². The Morgan fingerprint density at radius 1 is 1.20 bits per heavy atom. The lowest BCUT2D eigenvalue weighted by Crippen LogP contribution is -2.28. The van der Waals surface area contributed by atoms with Gasteiger partial charge in [0.1, 0.15) is 0 Å². The largest absolute Gasteiger partial charge is 0.426 e. The van der Waals surface area contributed by atoms with E-state index < -0.39 is 10.0 Å². The molecule has 134 valence electrons. The first-order chi connectivity index (χ1) is 12.0. The highest BCUT2D eigenvalue weighted by Gasteiger charge is 2.27. The third kappa shape index (κ3) is 4.05. The van der Waals surface area contributed by atoms with Crippen molar-refractivity contribution in [1.82, 2.24) is 19.8 Å². The molecule has 0 spiro atoms. The van der Waals surface area contributed by atoms with Crippen molar-refractivity contribution in [3.8, 4) is 0 Å². The minimum Gasteiger partial charge on any atom is -0.426 e. The molecule has 1 amide bonds. The van der Waals surface area contributed by atoms with Gasteiger partial charge < -0.3 is 9.73 Å². The predicted molar refractivity (Wildman–Crippen MR) is 89.5 cm³/mol. The Morgan fingerprint density at radius 2 is 1.88 bits per heavy atom. The molecule has 0 aliphatic carbocycles. The number of sulfonamides is 1. The molecule has 1 aromatic carbocycles. The molecule has 1 fully saturated rings. The van der Waals surface area contributed by atoms with Gasteiger partial charge in [-0.1, -0.05) is 0 Å². The van der Waals surface area contributed by atoms with Crippen LogP contribution in [0.25, 0.3) is 0 Å². The molecule has 0 unspecified atom stereocenters. The summed E-state index contributed by atoms with van der Waals surface area (Å²) in [6.45, 7) is 3.17. The molecule has 0 radical (unpaired) electrons. The molecular formula is C16H20N4O4S. The maximum atomic E-state index is 12.4. The highest BCUT2D eigenvalue weighted by molar-refractivity contribution is 7.89. The average Bonchev–Trinajstić information content (AvgIpc) is 3.27. The van der Waals surface area contributed by atoms with Gasteiger partial charge in [-0.3, -0.25) is 4.79 Å². The van der Waals surface area contributed by atoms with E-state index in [1.807, 2.05) is 0 Å². The molecule has 0 atom stereocenters. The predicted octanol–water partition coefficient (Wildman–Crippen LogP) is 1.14. The van der Waals surface area contributed by atoms with E-state index in [1.54, 1.807) is 6.92 Å². The van der Waals surface area contributed by atoms with Crippen molar-refractivity contribution in [2.45, 2.75) is 31.1 Å². The van der Waals surface area contributed by atoms with Gasteiger partial charge in [-0.05, 0) is 37.1 Å². The quantitative estimate of drug-likeness (QED) is 0.824. The fraction of sp³-hybridized carbons (Fsp3) is 0.438. The van der Waals surface area contributed by atoms with Gasteiger partial charge in [0.15, 0.2) is 0 Å². The lowest BCUT2D eigenvalue weighted by Gasteiger charge is -2.15. The molecule has 8 nitrogen and oxygen atoms in total. The number of nitrogens with zero attached hydrogens (tertiary/aromatic N) is 3. The Kier molecular flexibility index (Phi) is 5.14. The van der Waals surface area contributed by atoms with E-state index >= 15 is 0 Å². The average molecular weight is 364 g/mol. The summed E-state index contributed by atoms with van der Waals surface area (Å²) in [4.78, 5) is 12.3. The second-order valence-electron chi connectivity index (χ2n) is 5.86. The fourth-order valence-electron chi connectivity index (χ4n) is 2.68. The molecule has 0 saturated carbocycles. The molecule has 1 saturated heterocycles. The van der Waals surface area contributed by atoms with Crippen molar-refractivity contribution >= 4 is 15.9 Å². The van der Waals surface area contributed by atoms with E-state index in [1.165, 1.54) is 28.6 Å². The van der Waals surface area contributed by atoms with Gasteiger partial charge >= 0.3 is 0 Å². The second kappa shape index (κ2) is 7.32. The lowest BCUT2D eigenvalue weighted by molar-refractivity contribution is 0.0953. The van der Waals surface area contributed by atoms with Crippen molar-refractivity contribution in [2.24, 2.45) is 0 Å². The number of nitrogens with one attached hydrogen (secondary N) is 1. The number of hydrogen-bond donors (Lipinski definition) is 1. The van der Waals surface area contributed by atoms with Crippen LogP contribution in [0.1, 0.15) is 35.0 Å². The first-order valence-electron chi connectivity index (χ1n) is 8.14. The lowest BCUT2D eigenvalue weighted by atomic mass is 10.2. The number of aryl methyl sites for hydroxylation is 1. The summed E-state index contributed by atoms with van der Waals surface area (Å²) in [5, 5.41) is 10.3. The van der Waals surface area contributed by atoms with E-state index in [4.69, 9.17) is 4.42 Å². The number of amides is 1. The third-order valence-electron chi connectivity index (χ3n) is 4.01. The van der Waals surface area contributed by atoms with Crippen LogP contribution >= 0.6 is 0 Å². The molecule has 0 bridgehead atoms. The van der Waals surface area contributed by atoms with Gasteiger partial charge in [-0.25, -0.2) is 8.42 Å². The second-order valence-corrected chi connectivity index (χ2v) is 7.79. The van der Waals surface area contributed by atoms with Gasteiger partial charge in [0.25, 0.3) is 5.91 Å². The van der Waals surface area contributed by atoms with Crippen LogP contribution in [0.5, 0.6) is 0 Å². The molecule has 2 heterocycles. The van der Waals surface area contributed by atoms with Gasteiger partial charge in [-0.15, -0.1) is 10.2 Å². The molecule has 3 rings (SSSR count). The fourth-order valence-corrected chi connectivity index (χ4v) is 4.20. The summed E-state index contributed by atoms with van der Waals surface area (Å²) in [6, 6.07) is 6.00. The number of rotatable bonds is 6. The third-order valence-corrected chi connectivity index (χ3v) is 5.92. The summed E-state index contributed by atoms with van der Waals surface area (Å²) < 4.78 is 31.6. The highest BCUT2D eigenvalue weighted by atomic mass is 32.2. The summed E-state index contributed by atoms with van der Waals surface area (Å²) in [6.07, 6.45) is 2.21. The summed E-state index contributed by atoms with van der Waals surface area (Å²) in [5.74, 6) is 0.669. The molecule has 9 heteroatoms. The van der Waals surface area contributed by atoms with Crippen LogP contribution < -0.4 is 5.32 Å². The molecule has 25 heavy (non-hydrogen) atoms. The summed E-state index contributed by atoms with van der Waals surface area (Å²) >= 11 is 0. The summed E-state index contributed by atoms with van der Waals surface area (Å²) in [7, 11) is -3.46. The minimum atomic E-state index is -3.46. The Balaban J connectivity index is 1.58. The number of carbonyl (C=O) groups is 1. The number of carbonyl (C=O) groups excluding carboxylic acids is 1. The van der Waals surface area contributed by atoms with Crippen LogP contribution in [0.4, 0.5) is 0 Å². The molecule has 2 aromatic rings. The van der Waals surface area contributed by atoms with Crippen molar-refractivity contribution in [3.05, 3.63) is 41.6 Å². The van der Waals surface area contributed by atoms with E-state index in [2.05, 4.69) is 15.5 Å². The van der Waals surface area contributed by atoms with Crippen LogP contribution in [-0.4, -0.2) is 48.5 Å².